The molecule has 9 heteroatoms. The average Bonchev–Trinajstić information content (AvgIpc) is 3.05. The monoisotopic (exact) mass is 425 g/mol. The second-order valence-corrected chi connectivity index (χ2v) is 9.30. The van der Waals surface area contributed by atoms with E-state index in [1.54, 1.807) is 11.4 Å². The van der Waals surface area contributed by atoms with E-state index in [0.29, 0.717) is 24.7 Å². The molecule has 3 rings (SSSR count). The lowest BCUT2D eigenvalue weighted by Crippen LogP contribution is -2.32. The molecule has 0 aliphatic carbocycles. The molecule has 1 N–H and O–H groups in total. The molecule has 28 heavy (non-hydrogen) atoms. The summed E-state index contributed by atoms with van der Waals surface area (Å²) < 4.78 is 44.8. The number of ether oxygens (including phenoxy) is 3. The van der Waals surface area contributed by atoms with Crippen molar-refractivity contribution < 1.29 is 27.4 Å². The van der Waals surface area contributed by atoms with Crippen LogP contribution in [0.2, 0.25) is 0 Å². The number of thiophene rings is 1. The van der Waals surface area contributed by atoms with Crippen molar-refractivity contribution in [3.63, 3.8) is 0 Å². The maximum absolute atomic E-state index is 13.0. The zero-order chi connectivity index (χ0) is 20.3. The maximum atomic E-state index is 13.0. The minimum Gasteiger partial charge on any atom is -0.490 e. The fourth-order valence-electron chi connectivity index (χ4n) is 2.94. The molecule has 1 atom stereocenters. The van der Waals surface area contributed by atoms with E-state index in [-0.39, 0.29) is 15.7 Å². The highest BCUT2D eigenvalue weighted by molar-refractivity contribution is 7.89. The van der Waals surface area contributed by atoms with Crippen LogP contribution in [0.4, 0.5) is 0 Å². The van der Waals surface area contributed by atoms with E-state index >= 15 is 0 Å². The first-order valence-corrected chi connectivity index (χ1v) is 11.3. The Morgan fingerprint density at radius 3 is 2.57 bits per heavy atom. The molecule has 2 heterocycles. The first kappa shape index (κ1) is 20.6. The van der Waals surface area contributed by atoms with Gasteiger partial charge in [-0.2, -0.15) is 0 Å². The largest absolute Gasteiger partial charge is 0.490 e. The van der Waals surface area contributed by atoms with Gasteiger partial charge in [-0.25, -0.2) is 17.9 Å². The van der Waals surface area contributed by atoms with Gasteiger partial charge in [0.05, 0.1) is 20.3 Å². The number of fused-ring (bicyclic) bond motifs is 1. The number of nitrogens with one attached hydrogen (secondary N) is 1. The number of rotatable bonds is 6. The Balaban J connectivity index is 1.93. The Labute approximate surface area is 168 Å². The third kappa shape index (κ3) is 4.31. The Bertz CT molecular complexity index is 951. The molecule has 0 fully saturated rings. The molecule has 7 nitrogen and oxygen atoms in total. The Morgan fingerprint density at radius 2 is 1.89 bits per heavy atom. The first-order chi connectivity index (χ1) is 13.3. The van der Waals surface area contributed by atoms with Gasteiger partial charge in [0, 0.05) is 12.5 Å². The van der Waals surface area contributed by atoms with Crippen molar-refractivity contribution in [1.29, 1.82) is 0 Å². The summed E-state index contributed by atoms with van der Waals surface area (Å²) in [5.74, 6) is 0.537. The van der Waals surface area contributed by atoms with Gasteiger partial charge >= 0.3 is 5.97 Å². The molecule has 0 saturated heterocycles. The highest BCUT2D eigenvalue weighted by Crippen LogP contribution is 2.35. The zero-order valence-electron chi connectivity index (χ0n) is 15.9. The number of methoxy groups -OCH3 is 1. The molecule has 1 aliphatic heterocycles. The number of carbonyl (C=O) groups is 1. The standard InChI is InChI=1S/C19H23NO6S2/c1-12(2)17(13-5-6-14-15(11-13)26-9-4-8-25-14)20-28(22,23)16-7-10-27-18(16)19(21)24-3/h5-7,10-12,17,20H,4,8-9H2,1-3H3. The lowest BCUT2D eigenvalue weighted by atomic mass is 9.97. The third-order valence-corrected chi connectivity index (χ3v) is 6.88. The van der Waals surface area contributed by atoms with Gasteiger partial charge in [0.15, 0.2) is 11.5 Å². The third-order valence-electron chi connectivity index (χ3n) is 4.37. The normalized spacial score (nSPS) is 15.1. The van der Waals surface area contributed by atoms with Crippen LogP contribution in [0.15, 0.2) is 34.5 Å². The van der Waals surface area contributed by atoms with E-state index in [4.69, 9.17) is 14.2 Å². The van der Waals surface area contributed by atoms with Crippen LogP contribution in [0.1, 0.15) is 41.5 Å². The van der Waals surface area contributed by atoms with Crippen molar-refractivity contribution >= 4 is 27.3 Å². The zero-order valence-corrected chi connectivity index (χ0v) is 17.6. The molecule has 0 amide bonds. The second kappa shape index (κ2) is 8.50. The van der Waals surface area contributed by atoms with Crippen LogP contribution in [0.5, 0.6) is 11.5 Å². The van der Waals surface area contributed by atoms with Crippen molar-refractivity contribution in [1.82, 2.24) is 4.72 Å². The number of esters is 1. The van der Waals surface area contributed by atoms with Gasteiger partial charge in [-0.1, -0.05) is 19.9 Å². The summed E-state index contributed by atoms with van der Waals surface area (Å²) in [6, 6.07) is 6.33. The molecule has 0 bridgehead atoms. The molecule has 0 radical (unpaired) electrons. The Hall–Kier alpha value is -2.10. The summed E-state index contributed by atoms with van der Waals surface area (Å²) in [4.78, 5) is 11.9. The fourth-order valence-corrected chi connectivity index (χ4v) is 5.65. The van der Waals surface area contributed by atoms with E-state index in [0.717, 1.165) is 23.3 Å². The van der Waals surface area contributed by atoms with Crippen LogP contribution in [0.3, 0.4) is 0 Å². The van der Waals surface area contributed by atoms with Crippen LogP contribution in [0.25, 0.3) is 0 Å². The van der Waals surface area contributed by atoms with Gasteiger partial charge in [0.25, 0.3) is 0 Å². The summed E-state index contributed by atoms with van der Waals surface area (Å²) in [6.45, 7) is 4.98. The van der Waals surface area contributed by atoms with Crippen molar-refractivity contribution in [3.8, 4) is 11.5 Å². The van der Waals surface area contributed by atoms with Gasteiger partial charge in [-0.05, 0) is 35.1 Å². The molecular weight excluding hydrogens is 402 g/mol. The second-order valence-electron chi connectivity index (χ2n) is 6.71. The highest BCUT2D eigenvalue weighted by atomic mass is 32.2. The van der Waals surface area contributed by atoms with Gasteiger partial charge in [-0.3, -0.25) is 0 Å². The lowest BCUT2D eigenvalue weighted by Gasteiger charge is -2.23. The molecule has 0 saturated carbocycles. The summed E-state index contributed by atoms with van der Waals surface area (Å²) in [5.41, 5.74) is 0.762. The minimum atomic E-state index is -3.94. The summed E-state index contributed by atoms with van der Waals surface area (Å²) >= 11 is 1.03. The summed E-state index contributed by atoms with van der Waals surface area (Å²) in [7, 11) is -2.71. The number of benzene rings is 1. The summed E-state index contributed by atoms with van der Waals surface area (Å²) in [6.07, 6.45) is 0.790. The number of hydrogen-bond acceptors (Lipinski definition) is 7. The van der Waals surface area contributed by atoms with Crippen molar-refractivity contribution in [2.24, 2.45) is 5.92 Å². The van der Waals surface area contributed by atoms with Crippen molar-refractivity contribution in [3.05, 3.63) is 40.1 Å². The molecule has 2 aromatic rings. The number of carbonyl (C=O) groups excluding carboxylic acids is 1. The predicted octanol–water partition coefficient (Wildman–Crippen LogP) is 3.37. The van der Waals surface area contributed by atoms with E-state index in [2.05, 4.69) is 4.72 Å². The number of sulfonamides is 1. The predicted molar refractivity (Wildman–Crippen MR) is 106 cm³/mol. The molecule has 1 aromatic heterocycles. The van der Waals surface area contributed by atoms with E-state index in [1.165, 1.54) is 13.2 Å². The quantitative estimate of drug-likeness (QED) is 0.714. The van der Waals surface area contributed by atoms with Crippen LogP contribution >= 0.6 is 11.3 Å². The molecule has 1 aliphatic rings. The fraction of sp³-hybridized carbons (Fsp3) is 0.421. The number of hydrogen-bond donors (Lipinski definition) is 1. The van der Waals surface area contributed by atoms with Gasteiger partial charge < -0.3 is 14.2 Å². The molecule has 1 unspecified atom stereocenters. The minimum absolute atomic E-state index is 0.0419. The van der Waals surface area contributed by atoms with Crippen LogP contribution < -0.4 is 14.2 Å². The average molecular weight is 426 g/mol. The van der Waals surface area contributed by atoms with Crippen molar-refractivity contribution in [2.75, 3.05) is 20.3 Å². The lowest BCUT2D eigenvalue weighted by molar-refractivity contribution is 0.0602. The first-order valence-electron chi connectivity index (χ1n) is 8.91. The van der Waals surface area contributed by atoms with E-state index in [1.807, 2.05) is 26.0 Å². The van der Waals surface area contributed by atoms with Crippen molar-refractivity contribution in [2.45, 2.75) is 31.2 Å². The van der Waals surface area contributed by atoms with Gasteiger partial charge in [0.2, 0.25) is 10.0 Å². The molecule has 152 valence electrons. The van der Waals surface area contributed by atoms with Crippen LogP contribution in [-0.4, -0.2) is 34.7 Å². The van der Waals surface area contributed by atoms with E-state index in [9.17, 15) is 13.2 Å². The summed E-state index contributed by atoms with van der Waals surface area (Å²) in [5, 5.41) is 1.55. The van der Waals surface area contributed by atoms with Crippen LogP contribution in [0, 0.1) is 5.92 Å². The topological polar surface area (TPSA) is 90.9 Å². The van der Waals surface area contributed by atoms with Gasteiger partial charge in [0.1, 0.15) is 9.77 Å². The van der Waals surface area contributed by atoms with E-state index < -0.39 is 22.0 Å². The van der Waals surface area contributed by atoms with Gasteiger partial charge in [-0.15, -0.1) is 11.3 Å². The smallest absolute Gasteiger partial charge is 0.349 e. The molecular formula is C19H23NO6S2. The highest BCUT2D eigenvalue weighted by Gasteiger charge is 2.29. The van der Waals surface area contributed by atoms with Crippen LogP contribution in [-0.2, 0) is 14.8 Å². The Kier molecular flexibility index (Phi) is 6.26. The SMILES string of the molecule is COC(=O)c1sccc1S(=O)(=O)NC(c1ccc2c(c1)OCCCO2)C(C)C. The maximum Gasteiger partial charge on any atom is 0.349 e. The molecule has 1 aromatic carbocycles. The molecule has 0 spiro atoms. The Morgan fingerprint density at radius 1 is 1.18 bits per heavy atom.